The lowest BCUT2D eigenvalue weighted by Crippen LogP contribution is -2.68. The van der Waals surface area contributed by atoms with Crippen LogP contribution in [0.15, 0.2) is 11.6 Å². The van der Waals surface area contributed by atoms with E-state index in [4.69, 9.17) is 37.9 Å². The highest BCUT2D eigenvalue weighted by Gasteiger charge is 2.72. The standard InChI is InChI=1S/C53H90O22/c1-23(2)10-9-14-53(8,75-47-43(67)39(63)37(61)29(72-47)22-69-45-41(65)34(58)26(57)21-68-45)24-11-16-52(7)33(24)25(56)18-31-50(5)15-13-32(49(3,4)30(50)12-17-51(31,52)6)73-48-44(40(64)36(60)28(20-55)71-48)74-46-42(66)38(62)35(59)27(19-54)70-46/h10,24-48,54-67H,9,11-22H2,1-8H3/t24-,25+,26+,27?,28?,29?,30-,31+,32-,33-,34+,35+,36+,37+,38+,39+,40+,41?,42?,43?,44?,45-,46-,47-,48-,50-,51+,52+,53-/m0/s1. The molecule has 4 saturated heterocycles. The molecule has 0 spiro atoms. The maximum absolute atomic E-state index is 12.8. The highest BCUT2D eigenvalue weighted by Crippen LogP contribution is 2.76. The van der Waals surface area contributed by atoms with Gasteiger partial charge >= 0.3 is 0 Å². The van der Waals surface area contributed by atoms with Gasteiger partial charge in [0.15, 0.2) is 25.2 Å². The predicted octanol–water partition coefficient (Wildman–Crippen LogP) is -1.56. The Hall–Kier alpha value is -1.14. The molecule has 22 heteroatoms. The van der Waals surface area contributed by atoms with Crippen LogP contribution in [-0.2, 0) is 37.9 Å². The zero-order valence-corrected chi connectivity index (χ0v) is 44.7. The quantitative estimate of drug-likeness (QED) is 0.0651. The molecular formula is C53H90O22. The maximum Gasteiger partial charge on any atom is 0.187 e. The molecule has 0 aromatic carbocycles. The summed E-state index contributed by atoms with van der Waals surface area (Å²) in [4.78, 5) is 0. The molecule has 0 aromatic heterocycles. The van der Waals surface area contributed by atoms with Gasteiger partial charge in [-0.2, -0.15) is 0 Å². The largest absolute Gasteiger partial charge is 0.394 e. The van der Waals surface area contributed by atoms with Crippen LogP contribution in [0.25, 0.3) is 0 Å². The predicted molar refractivity (Wildman–Crippen MR) is 260 cm³/mol. The van der Waals surface area contributed by atoms with Crippen LogP contribution in [0.4, 0.5) is 0 Å². The first kappa shape index (κ1) is 60.0. The Morgan fingerprint density at radius 2 is 1.16 bits per heavy atom. The Morgan fingerprint density at radius 1 is 0.587 bits per heavy atom. The molecule has 29 atom stereocenters. The fraction of sp³-hybridized carbons (Fsp3) is 0.962. The maximum atomic E-state index is 12.8. The summed E-state index contributed by atoms with van der Waals surface area (Å²) < 4.78 is 48.8. The molecule has 8 fully saturated rings. The van der Waals surface area contributed by atoms with Crippen LogP contribution >= 0.6 is 0 Å². The first-order valence-electron chi connectivity index (χ1n) is 27.3. The van der Waals surface area contributed by atoms with Gasteiger partial charge in [0.1, 0.15) is 91.6 Å². The molecule has 8 aliphatic rings. The number of ether oxygens (including phenoxy) is 8. The van der Waals surface area contributed by atoms with Gasteiger partial charge in [0.05, 0.1) is 44.2 Å². The lowest BCUT2D eigenvalue weighted by Gasteiger charge is -2.71. The van der Waals surface area contributed by atoms with Gasteiger partial charge in [-0.05, 0) is 124 Å². The topological polar surface area (TPSA) is 357 Å². The molecule has 7 unspecified atom stereocenters. The van der Waals surface area contributed by atoms with E-state index in [1.165, 1.54) is 0 Å². The number of aliphatic hydroxyl groups is 14. The average molecular weight is 1080 g/mol. The second-order valence-electron chi connectivity index (χ2n) is 25.3. The van der Waals surface area contributed by atoms with Gasteiger partial charge in [-0.15, -0.1) is 0 Å². The van der Waals surface area contributed by atoms with Gasteiger partial charge in [-0.25, -0.2) is 0 Å². The minimum atomic E-state index is -1.81. The van der Waals surface area contributed by atoms with Crippen LogP contribution in [-0.4, -0.2) is 232 Å². The summed E-state index contributed by atoms with van der Waals surface area (Å²) in [6, 6.07) is 0. The smallest absolute Gasteiger partial charge is 0.187 e. The molecule has 0 amide bonds. The SMILES string of the molecule is CC(C)=CCC[C@](C)(O[C@@H]1OC(CO[C@@H]2OC[C@@H](O)[C@@H](O)C2O)[C@@H](O)[C@@H](O)C1O)[C@H]1CC[C@]2(C)[C@@H]1[C@H](O)C[C@@H]1[C@@]3(C)CC[C@H](O[C@@H]4OC(CO)[C@@H](O)[C@@H](O)C4O[C@@H]4OC(CO)[C@@H](O)[C@@H](O)C4O)C(C)(C)[C@@H]3CC[C@]12C. The third kappa shape index (κ3) is 10.6. The Morgan fingerprint density at radius 3 is 1.80 bits per heavy atom. The Kier molecular flexibility index (Phi) is 18.1. The lowest BCUT2D eigenvalue weighted by atomic mass is 9.35. The zero-order chi connectivity index (χ0) is 55.1. The Labute approximate surface area is 439 Å². The molecular weight excluding hydrogens is 989 g/mol. The normalized spacial score (nSPS) is 52.7. The number of rotatable bonds is 15. The summed E-state index contributed by atoms with van der Waals surface area (Å²) in [5, 5.41) is 151. The fourth-order valence-corrected chi connectivity index (χ4v) is 16.0. The van der Waals surface area contributed by atoms with Crippen LogP contribution < -0.4 is 0 Å². The summed E-state index contributed by atoms with van der Waals surface area (Å²) in [5.74, 6) is -0.395. The van der Waals surface area contributed by atoms with Crippen molar-refractivity contribution in [2.45, 2.75) is 248 Å². The van der Waals surface area contributed by atoms with Gasteiger partial charge in [0.25, 0.3) is 0 Å². The van der Waals surface area contributed by atoms with E-state index in [-0.39, 0.29) is 41.1 Å². The molecule has 22 nitrogen and oxygen atoms in total. The first-order valence-corrected chi connectivity index (χ1v) is 27.3. The first-order chi connectivity index (χ1) is 35.1. The van der Waals surface area contributed by atoms with E-state index in [9.17, 15) is 71.5 Å². The molecule has 0 aromatic rings. The molecule has 4 aliphatic carbocycles. The second kappa shape index (κ2) is 22.7. The van der Waals surface area contributed by atoms with Crippen LogP contribution in [0.1, 0.15) is 113 Å². The van der Waals surface area contributed by atoms with Crippen molar-refractivity contribution in [1.82, 2.24) is 0 Å². The molecule has 0 bridgehead atoms. The van der Waals surface area contributed by atoms with Crippen LogP contribution in [0.5, 0.6) is 0 Å². The third-order valence-electron chi connectivity index (χ3n) is 20.5. The summed E-state index contributed by atoms with van der Waals surface area (Å²) >= 11 is 0. The van der Waals surface area contributed by atoms with Gasteiger partial charge in [-0.3, -0.25) is 0 Å². The van der Waals surface area contributed by atoms with E-state index in [1.54, 1.807) is 0 Å². The molecule has 8 rings (SSSR count). The van der Waals surface area contributed by atoms with Crippen molar-refractivity contribution in [2.24, 2.45) is 45.3 Å². The highest BCUT2D eigenvalue weighted by molar-refractivity contribution is 5.20. The number of allylic oxidation sites excluding steroid dienone is 2. The van der Waals surface area contributed by atoms with Crippen LogP contribution in [0.3, 0.4) is 0 Å². The van der Waals surface area contributed by atoms with Crippen molar-refractivity contribution in [3.05, 3.63) is 11.6 Å². The molecule has 4 saturated carbocycles. The molecule has 14 N–H and O–H groups in total. The minimum Gasteiger partial charge on any atom is -0.394 e. The molecule has 0 radical (unpaired) electrons. The number of aliphatic hydroxyl groups excluding tert-OH is 14. The van der Waals surface area contributed by atoms with Gasteiger partial charge < -0.3 is 109 Å². The summed E-state index contributed by atoms with van der Waals surface area (Å²) in [7, 11) is 0. The van der Waals surface area contributed by atoms with Gasteiger partial charge in [0, 0.05) is 0 Å². The van der Waals surface area contributed by atoms with Gasteiger partial charge in [0.2, 0.25) is 0 Å². The van der Waals surface area contributed by atoms with Crippen molar-refractivity contribution in [3.8, 4) is 0 Å². The van der Waals surface area contributed by atoms with Crippen molar-refractivity contribution in [1.29, 1.82) is 0 Å². The van der Waals surface area contributed by atoms with Gasteiger partial charge in [-0.1, -0.05) is 46.3 Å². The Bertz CT molecular complexity index is 1940. The van der Waals surface area contributed by atoms with E-state index in [2.05, 4.69) is 40.7 Å². The van der Waals surface area contributed by atoms with Crippen LogP contribution in [0.2, 0.25) is 0 Å². The summed E-state index contributed by atoms with van der Waals surface area (Å²) in [5.41, 5.74) is -1.48. The second-order valence-corrected chi connectivity index (χ2v) is 25.3. The third-order valence-corrected chi connectivity index (χ3v) is 20.5. The monoisotopic (exact) mass is 1080 g/mol. The van der Waals surface area contributed by atoms with E-state index >= 15 is 0 Å². The van der Waals surface area contributed by atoms with Crippen molar-refractivity contribution in [3.63, 3.8) is 0 Å². The fourth-order valence-electron chi connectivity index (χ4n) is 16.0. The highest BCUT2D eigenvalue weighted by atomic mass is 16.8. The Balaban J connectivity index is 1.01. The van der Waals surface area contributed by atoms with E-state index in [0.29, 0.717) is 38.5 Å². The molecule has 4 aliphatic heterocycles. The lowest BCUT2D eigenvalue weighted by molar-refractivity contribution is -0.378. The van der Waals surface area contributed by atoms with Crippen molar-refractivity contribution in [2.75, 3.05) is 26.4 Å². The average Bonchev–Trinajstić information content (AvgIpc) is 3.75. The molecule has 434 valence electrons. The molecule has 4 heterocycles. The summed E-state index contributed by atoms with van der Waals surface area (Å²) in [6.07, 6.45) is -22.6. The van der Waals surface area contributed by atoms with E-state index in [1.807, 2.05) is 20.8 Å². The number of fused-ring (bicyclic) bond motifs is 5. The van der Waals surface area contributed by atoms with Crippen LogP contribution in [0, 0.1) is 45.3 Å². The van der Waals surface area contributed by atoms with Crippen molar-refractivity contribution >= 4 is 0 Å². The molecule has 75 heavy (non-hydrogen) atoms. The van der Waals surface area contributed by atoms with Crippen molar-refractivity contribution < 1.29 is 109 Å². The summed E-state index contributed by atoms with van der Waals surface area (Å²) in [6.45, 7) is 15.1. The van der Waals surface area contributed by atoms with E-state index in [0.717, 1.165) is 24.8 Å². The number of hydrogen-bond donors (Lipinski definition) is 14. The van der Waals surface area contributed by atoms with E-state index < -0.39 is 165 Å². The number of hydrogen-bond acceptors (Lipinski definition) is 22. The zero-order valence-electron chi connectivity index (χ0n) is 44.7. The minimum absolute atomic E-state index is 0.0508.